The molecule has 0 unspecified atom stereocenters. The number of benzene rings is 1. The predicted octanol–water partition coefficient (Wildman–Crippen LogP) is 2.15. The van der Waals surface area contributed by atoms with Gasteiger partial charge in [-0.05, 0) is 39.8 Å². The number of esters is 1. The van der Waals surface area contributed by atoms with Gasteiger partial charge in [-0.15, -0.1) is 11.8 Å². The molecule has 0 saturated heterocycles. The number of hydrogen-bond acceptors (Lipinski definition) is 6. The topological polar surface area (TPSA) is 102 Å². The highest BCUT2D eigenvalue weighted by atomic mass is 32.2. The van der Waals surface area contributed by atoms with Crippen molar-refractivity contribution < 1.29 is 23.9 Å². The third-order valence-corrected chi connectivity index (χ3v) is 4.07. The number of ketones is 1. The number of carbonyl (C=O) groups excluding carboxylic acids is 4. The van der Waals surface area contributed by atoms with Crippen LogP contribution in [-0.2, 0) is 14.3 Å². The molecule has 1 aromatic rings. The van der Waals surface area contributed by atoms with E-state index in [1.54, 1.807) is 38.1 Å². The quantitative estimate of drug-likeness (QED) is 0.566. The molecule has 3 amide bonds. The first-order valence-corrected chi connectivity index (χ1v) is 8.73. The smallest absolute Gasteiger partial charge is 0.340 e. The highest BCUT2D eigenvalue weighted by Gasteiger charge is 2.22. The van der Waals surface area contributed by atoms with Crippen molar-refractivity contribution in [3.63, 3.8) is 0 Å². The van der Waals surface area contributed by atoms with E-state index in [2.05, 4.69) is 10.6 Å². The molecule has 7 nitrogen and oxygen atoms in total. The summed E-state index contributed by atoms with van der Waals surface area (Å²) in [7, 11) is 0. The van der Waals surface area contributed by atoms with Crippen LogP contribution in [0.2, 0.25) is 0 Å². The van der Waals surface area contributed by atoms with Gasteiger partial charge in [-0.1, -0.05) is 12.1 Å². The lowest BCUT2D eigenvalue weighted by molar-refractivity contribution is -0.128. The van der Waals surface area contributed by atoms with Gasteiger partial charge in [0, 0.05) is 10.9 Å². The first kappa shape index (κ1) is 20.7. The summed E-state index contributed by atoms with van der Waals surface area (Å²) in [5.74, 6) is -1.20. The largest absolute Gasteiger partial charge is 0.449 e. The summed E-state index contributed by atoms with van der Waals surface area (Å²) in [6.07, 6.45) is -1.14. The predicted molar refractivity (Wildman–Crippen MR) is 94.5 cm³/mol. The number of carbonyl (C=O) groups is 4. The maximum Gasteiger partial charge on any atom is 0.340 e. The van der Waals surface area contributed by atoms with E-state index in [0.29, 0.717) is 4.90 Å². The average Bonchev–Trinajstić information content (AvgIpc) is 2.52. The van der Waals surface area contributed by atoms with Gasteiger partial charge in [0.05, 0.1) is 11.3 Å². The van der Waals surface area contributed by atoms with Crippen molar-refractivity contribution in [2.45, 2.75) is 44.7 Å². The first-order valence-electron chi connectivity index (χ1n) is 7.74. The highest BCUT2D eigenvalue weighted by Crippen LogP contribution is 2.23. The van der Waals surface area contributed by atoms with E-state index < -0.39 is 24.0 Å². The van der Waals surface area contributed by atoms with E-state index in [-0.39, 0.29) is 23.1 Å². The van der Waals surface area contributed by atoms with E-state index >= 15 is 0 Å². The fraction of sp³-hybridized carbons (Fsp3) is 0.412. The number of nitrogens with one attached hydrogen (secondary N) is 2. The molecule has 0 aliphatic carbocycles. The monoisotopic (exact) mass is 366 g/mol. The molecule has 0 spiro atoms. The molecule has 0 radical (unpaired) electrons. The molecule has 1 aromatic carbocycles. The Morgan fingerprint density at radius 2 is 1.76 bits per heavy atom. The van der Waals surface area contributed by atoms with Crippen molar-refractivity contribution >= 4 is 35.5 Å². The van der Waals surface area contributed by atoms with Gasteiger partial charge in [-0.2, -0.15) is 0 Å². The number of hydrogen-bond donors (Lipinski definition) is 2. The molecule has 0 aliphatic heterocycles. The maximum absolute atomic E-state index is 12.3. The molecular formula is C17H22N2O5S. The van der Waals surface area contributed by atoms with Crippen LogP contribution in [0.15, 0.2) is 29.2 Å². The van der Waals surface area contributed by atoms with Crippen molar-refractivity contribution in [1.82, 2.24) is 10.6 Å². The average molecular weight is 366 g/mol. The van der Waals surface area contributed by atoms with Crippen LogP contribution in [0.3, 0.4) is 0 Å². The molecule has 0 aliphatic rings. The van der Waals surface area contributed by atoms with Gasteiger partial charge in [-0.3, -0.25) is 14.9 Å². The van der Waals surface area contributed by atoms with Crippen molar-refractivity contribution in [2.75, 3.05) is 5.75 Å². The minimum atomic E-state index is -1.14. The Hall–Kier alpha value is -2.35. The zero-order valence-electron chi connectivity index (χ0n) is 14.6. The summed E-state index contributed by atoms with van der Waals surface area (Å²) in [5, 5.41) is 4.61. The van der Waals surface area contributed by atoms with E-state index in [0.717, 1.165) is 0 Å². The van der Waals surface area contributed by atoms with Crippen molar-refractivity contribution in [1.29, 1.82) is 0 Å². The second kappa shape index (κ2) is 9.83. The lowest BCUT2D eigenvalue weighted by Gasteiger charge is -2.15. The maximum atomic E-state index is 12.3. The third-order valence-electron chi connectivity index (χ3n) is 2.85. The normalized spacial score (nSPS) is 11.6. The molecular weight excluding hydrogens is 344 g/mol. The molecule has 0 heterocycles. The lowest BCUT2D eigenvalue weighted by atomic mass is 10.2. The summed E-state index contributed by atoms with van der Waals surface area (Å²) in [5.41, 5.74) is 0.264. The van der Waals surface area contributed by atoms with Crippen LogP contribution in [0.1, 0.15) is 38.1 Å². The molecule has 2 N–H and O–H groups in total. The van der Waals surface area contributed by atoms with Gasteiger partial charge >= 0.3 is 12.0 Å². The van der Waals surface area contributed by atoms with Crippen LogP contribution >= 0.6 is 11.8 Å². The van der Waals surface area contributed by atoms with Gasteiger partial charge in [0.2, 0.25) is 0 Å². The van der Waals surface area contributed by atoms with E-state index in [4.69, 9.17) is 4.74 Å². The standard InChI is InChI=1S/C17H22N2O5S/c1-10(2)18-17(23)19-15(21)12(4)24-16(22)13-7-5-6-8-14(13)25-9-11(3)20/h5-8,10,12H,9H2,1-4H3,(H2,18,19,21,23)/t12-/m0/s1. The molecule has 136 valence electrons. The third kappa shape index (κ3) is 7.38. The van der Waals surface area contributed by atoms with Crippen LogP contribution in [0.25, 0.3) is 0 Å². The first-order chi connectivity index (χ1) is 11.7. The van der Waals surface area contributed by atoms with E-state index in [1.807, 2.05) is 0 Å². The Morgan fingerprint density at radius 3 is 2.36 bits per heavy atom. The van der Waals surface area contributed by atoms with Crippen molar-refractivity contribution in [2.24, 2.45) is 0 Å². The number of Topliss-reactive ketones (excluding diaryl/α,β-unsaturated/α-hetero) is 1. The zero-order valence-corrected chi connectivity index (χ0v) is 15.4. The molecule has 1 rings (SSSR count). The van der Waals surface area contributed by atoms with Crippen LogP contribution in [-0.4, -0.2) is 41.6 Å². The fourth-order valence-electron chi connectivity index (χ4n) is 1.73. The van der Waals surface area contributed by atoms with Gasteiger partial charge in [0.1, 0.15) is 5.78 Å². The molecule has 0 fully saturated rings. The Labute approximate surface area is 150 Å². The van der Waals surface area contributed by atoms with E-state index in [9.17, 15) is 19.2 Å². The fourth-order valence-corrected chi connectivity index (χ4v) is 2.57. The van der Waals surface area contributed by atoms with Gasteiger partial charge < -0.3 is 10.1 Å². The van der Waals surface area contributed by atoms with Crippen LogP contribution < -0.4 is 10.6 Å². The number of rotatable bonds is 7. The minimum Gasteiger partial charge on any atom is -0.449 e. The number of imide groups is 1. The van der Waals surface area contributed by atoms with E-state index in [1.165, 1.54) is 25.6 Å². The summed E-state index contributed by atoms with van der Waals surface area (Å²) in [4.78, 5) is 47.4. The Morgan fingerprint density at radius 1 is 1.12 bits per heavy atom. The molecule has 0 bridgehead atoms. The Kier molecular flexibility index (Phi) is 8.13. The van der Waals surface area contributed by atoms with Gasteiger partial charge in [0.25, 0.3) is 5.91 Å². The summed E-state index contributed by atoms with van der Waals surface area (Å²) in [6, 6.07) is 5.88. The van der Waals surface area contributed by atoms with Crippen LogP contribution in [0, 0.1) is 0 Å². The number of urea groups is 1. The SMILES string of the molecule is CC(=O)CSc1ccccc1C(=O)O[C@@H](C)C(=O)NC(=O)NC(C)C. The zero-order chi connectivity index (χ0) is 19.0. The van der Waals surface area contributed by atoms with Crippen LogP contribution in [0.5, 0.6) is 0 Å². The molecule has 1 atom stereocenters. The Bertz CT molecular complexity index is 660. The summed E-state index contributed by atoms with van der Waals surface area (Å²) in [6.45, 7) is 6.34. The number of ether oxygens (including phenoxy) is 1. The highest BCUT2D eigenvalue weighted by molar-refractivity contribution is 8.00. The second-order valence-electron chi connectivity index (χ2n) is 5.65. The molecule has 8 heteroatoms. The van der Waals surface area contributed by atoms with Crippen molar-refractivity contribution in [3.05, 3.63) is 29.8 Å². The number of thioether (sulfide) groups is 1. The molecule has 0 saturated carbocycles. The summed E-state index contributed by atoms with van der Waals surface area (Å²) < 4.78 is 5.12. The number of amides is 3. The van der Waals surface area contributed by atoms with Crippen molar-refractivity contribution in [3.8, 4) is 0 Å². The van der Waals surface area contributed by atoms with Gasteiger partial charge in [0.15, 0.2) is 6.10 Å². The Balaban J connectivity index is 2.70. The molecule has 0 aromatic heterocycles. The molecule has 25 heavy (non-hydrogen) atoms. The second-order valence-corrected chi connectivity index (χ2v) is 6.67. The minimum absolute atomic E-state index is 0.0166. The lowest BCUT2D eigenvalue weighted by Crippen LogP contribution is -2.46. The summed E-state index contributed by atoms with van der Waals surface area (Å²) >= 11 is 1.22. The van der Waals surface area contributed by atoms with Crippen LogP contribution in [0.4, 0.5) is 4.79 Å². The van der Waals surface area contributed by atoms with Gasteiger partial charge in [-0.25, -0.2) is 9.59 Å².